The first kappa shape index (κ1) is 20.7. The highest BCUT2D eigenvalue weighted by Gasteiger charge is 1.93. The molecule has 0 saturated carbocycles. The molecule has 0 atom stereocenters. The summed E-state index contributed by atoms with van der Waals surface area (Å²) in [6.07, 6.45) is 26.3. The number of unbranched alkanes of at least 4 members (excludes halogenated alkanes) is 7. The lowest BCUT2D eigenvalue weighted by Gasteiger charge is -1.94. The second kappa shape index (κ2) is 17.7. The largest absolute Gasteiger partial charge is 0.481 e. The molecule has 0 aromatic rings. The van der Waals surface area contributed by atoms with Crippen LogP contribution in [0.5, 0.6) is 0 Å². The zero-order valence-corrected chi connectivity index (χ0v) is 14.3. The molecule has 0 aliphatic rings. The van der Waals surface area contributed by atoms with Crippen LogP contribution < -0.4 is 0 Å². The minimum atomic E-state index is -0.698. The van der Waals surface area contributed by atoms with E-state index in [4.69, 9.17) is 5.11 Å². The molecule has 1 N–H and O–H groups in total. The number of aliphatic carboxylic acids is 1. The molecule has 0 rings (SSSR count). The highest BCUT2D eigenvalue weighted by Crippen LogP contribution is 2.05. The Hall–Kier alpha value is -1.31. The summed E-state index contributed by atoms with van der Waals surface area (Å²) in [4.78, 5) is 10.3. The number of allylic oxidation sites excluding steroid dienone is 6. The van der Waals surface area contributed by atoms with Gasteiger partial charge in [0.05, 0.1) is 0 Å². The van der Waals surface area contributed by atoms with E-state index in [1.165, 1.54) is 38.5 Å². The number of carboxylic acids is 1. The third-order valence-corrected chi connectivity index (χ3v) is 3.50. The fraction of sp³-hybridized carbons (Fsp3) is 0.650. The van der Waals surface area contributed by atoms with Crippen LogP contribution in [0.15, 0.2) is 36.5 Å². The zero-order valence-electron chi connectivity index (χ0n) is 14.3. The summed E-state index contributed by atoms with van der Waals surface area (Å²) in [5.74, 6) is -0.698. The molecule has 2 heteroatoms. The van der Waals surface area contributed by atoms with Crippen molar-refractivity contribution in [3.05, 3.63) is 36.5 Å². The summed E-state index contributed by atoms with van der Waals surface area (Å²) in [6.45, 7) is 2.24. The van der Waals surface area contributed by atoms with Crippen molar-refractivity contribution in [2.24, 2.45) is 0 Å². The molecule has 0 aromatic carbocycles. The van der Waals surface area contributed by atoms with E-state index in [9.17, 15) is 4.79 Å². The molecule has 0 spiro atoms. The van der Waals surface area contributed by atoms with E-state index in [0.717, 1.165) is 32.1 Å². The van der Waals surface area contributed by atoms with Gasteiger partial charge in [0, 0.05) is 6.42 Å². The van der Waals surface area contributed by atoms with Crippen LogP contribution >= 0.6 is 0 Å². The van der Waals surface area contributed by atoms with E-state index in [0.29, 0.717) is 0 Å². The first-order valence-electron chi connectivity index (χ1n) is 8.94. The maximum Gasteiger partial charge on any atom is 0.303 e. The second-order valence-corrected chi connectivity index (χ2v) is 5.72. The van der Waals surface area contributed by atoms with Crippen molar-refractivity contribution in [2.75, 3.05) is 0 Å². The first-order valence-corrected chi connectivity index (χ1v) is 8.94. The fourth-order valence-corrected chi connectivity index (χ4v) is 2.15. The Morgan fingerprint density at radius 3 is 1.68 bits per heavy atom. The zero-order chi connectivity index (χ0) is 16.3. The van der Waals surface area contributed by atoms with E-state index >= 15 is 0 Å². The van der Waals surface area contributed by atoms with Crippen LogP contribution in [0.25, 0.3) is 0 Å². The lowest BCUT2D eigenvalue weighted by Crippen LogP contribution is -1.92. The van der Waals surface area contributed by atoms with E-state index in [2.05, 4.69) is 43.4 Å². The van der Waals surface area contributed by atoms with Crippen LogP contribution in [0.1, 0.15) is 84.0 Å². The van der Waals surface area contributed by atoms with Crippen LogP contribution in [0.4, 0.5) is 0 Å². The average molecular weight is 306 g/mol. The van der Waals surface area contributed by atoms with E-state index in [1.54, 1.807) is 0 Å². The van der Waals surface area contributed by atoms with Crippen molar-refractivity contribution >= 4 is 5.97 Å². The average Bonchev–Trinajstić information content (AvgIpc) is 2.50. The number of hydrogen-bond acceptors (Lipinski definition) is 1. The summed E-state index contributed by atoms with van der Waals surface area (Å²) in [6, 6.07) is 0. The molecule has 0 heterocycles. The molecule has 0 saturated heterocycles. The molecular weight excluding hydrogens is 272 g/mol. The SMILES string of the molecule is CCCCCC=CCC=CCCCC/C=C\CCCC(=O)O. The minimum absolute atomic E-state index is 0.280. The Morgan fingerprint density at radius 2 is 1.18 bits per heavy atom. The Bertz CT molecular complexity index is 327. The van der Waals surface area contributed by atoms with Gasteiger partial charge in [-0.3, -0.25) is 4.79 Å². The molecule has 0 aliphatic carbocycles. The maximum absolute atomic E-state index is 10.3. The van der Waals surface area contributed by atoms with Crippen molar-refractivity contribution in [2.45, 2.75) is 84.0 Å². The molecule has 0 aliphatic heterocycles. The minimum Gasteiger partial charge on any atom is -0.481 e. The van der Waals surface area contributed by atoms with Gasteiger partial charge in [0.1, 0.15) is 0 Å². The Morgan fingerprint density at radius 1 is 0.727 bits per heavy atom. The third-order valence-electron chi connectivity index (χ3n) is 3.50. The van der Waals surface area contributed by atoms with E-state index < -0.39 is 5.97 Å². The van der Waals surface area contributed by atoms with Crippen LogP contribution in [0.3, 0.4) is 0 Å². The van der Waals surface area contributed by atoms with Gasteiger partial charge in [-0.25, -0.2) is 0 Å². The monoisotopic (exact) mass is 306 g/mol. The molecule has 0 unspecified atom stereocenters. The number of carbonyl (C=O) groups is 1. The molecule has 0 fully saturated rings. The Balaban J connectivity index is 3.26. The standard InChI is InChI=1S/C20H34O2/c1-2-3-4-5-6-7-8-9-10-11-12-13-14-15-16-17-18-19-20(21)22/h6-7,9-10,15-16H,2-5,8,11-14,17-19H2,1H3,(H,21,22)/b7-6?,10-9?,16-15-. The number of rotatable bonds is 15. The van der Waals surface area contributed by atoms with E-state index in [-0.39, 0.29) is 6.42 Å². The van der Waals surface area contributed by atoms with Gasteiger partial charge in [-0.15, -0.1) is 0 Å². The molecule has 0 radical (unpaired) electrons. The highest BCUT2D eigenvalue weighted by atomic mass is 16.4. The van der Waals surface area contributed by atoms with Gasteiger partial charge in [0.15, 0.2) is 0 Å². The molecule has 2 nitrogen and oxygen atoms in total. The number of carboxylic acid groups (broad SMARTS) is 1. The normalized spacial score (nSPS) is 12.0. The molecular formula is C20H34O2. The van der Waals surface area contributed by atoms with Gasteiger partial charge >= 0.3 is 5.97 Å². The third kappa shape index (κ3) is 18.7. The van der Waals surface area contributed by atoms with Gasteiger partial charge in [-0.1, -0.05) is 56.2 Å². The maximum atomic E-state index is 10.3. The predicted molar refractivity (Wildman–Crippen MR) is 96.1 cm³/mol. The summed E-state index contributed by atoms with van der Waals surface area (Å²) in [5.41, 5.74) is 0. The van der Waals surface area contributed by atoms with Crippen molar-refractivity contribution in [3.8, 4) is 0 Å². The molecule has 0 amide bonds. The topological polar surface area (TPSA) is 37.3 Å². The summed E-state index contributed by atoms with van der Waals surface area (Å²) < 4.78 is 0. The van der Waals surface area contributed by atoms with Gasteiger partial charge in [-0.2, -0.15) is 0 Å². The van der Waals surface area contributed by atoms with E-state index in [1.807, 2.05) is 0 Å². The second-order valence-electron chi connectivity index (χ2n) is 5.72. The Labute approximate surface area is 137 Å². The van der Waals surface area contributed by atoms with Crippen molar-refractivity contribution < 1.29 is 9.90 Å². The lowest BCUT2D eigenvalue weighted by molar-refractivity contribution is -0.137. The quantitative estimate of drug-likeness (QED) is 0.279. The van der Waals surface area contributed by atoms with Gasteiger partial charge in [-0.05, 0) is 57.8 Å². The lowest BCUT2D eigenvalue weighted by atomic mass is 10.1. The summed E-state index contributed by atoms with van der Waals surface area (Å²) in [7, 11) is 0. The van der Waals surface area contributed by atoms with Crippen molar-refractivity contribution in [1.29, 1.82) is 0 Å². The van der Waals surface area contributed by atoms with Gasteiger partial charge < -0.3 is 5.11 Å². The first-order chi connectivity index (χ1) is 10.8. The highest BCUT2D eigenvalue weighted by molar-refractivity contribution is 5.66. The van der Waals surface area contributed by atoms with Gasteiger partial charge in [0.25, 0.3) is 0 Å². The van der Waals surface area contributed by atoms with Gasteiger partial charge in [0.2, 0.25) is 0 Å². The molecule has 0 aromatic heterocycles. The van der Waals surface area contributed by atoms with Crippen LogP contribution in [0, 0.1) is 0 Å². The smallest absolute Gasteiger partial charge is 0.303 e. The summed E-state index contributed by atoms with van der Waals surface area (Å²) in [5, 5.41) is 8.50. The van der Waals surface area contributed by atoms with Crippen LogP contribution in [-0.2, 0) is 4.79 Å². The molecule has 0 bridgehead atoms. The summed E-state index contributed by atoms with van der Waals surface area (Å²) >= 11 is 0. The fourth-order valence-electron chi connectivity index (χ4n) is 2.15. The predicted octanol–water partition coefficient (Wildman–Crippen LogP) is 6.44. The number of hydrogen-bond donors (Lipinski definition) is 1. The van der Waals surface area contributed by atoms with Crippen molar-refractivity contribution in [3.63, 3.8) is 0 Å². The van der Waals surface area contributed by atoms with Crippen LogP contribution in [0.2, 0.25) is 0 Å². The molecule has 22 heavy (non-hydrogen) atoms. The molecule has 126 valence electrons. The Kier molecular flexibility index (Phi) is 16.7. The van der Waals surface area contributed by atoms with Crippen molar-refractivity contribution in [1.82, 2.24) is 0 Å². The van der Waals surface area contributed by atoms with Crippen LogP contribution in [-0.4, -0.2) is 11.1 Å².